The van der Waals surface area contributed by atoms with Crippen molar-refractivity contribution in [3.05, 3.63) is 25.7 Å². The van der Waals surface area contributed by atoms with Gasteiger partial charge in [-0.15, -0.1) is 0 Å². The maximum atomic E-state index is 8.28. The van der Waals surface area contributed by atoms with E-state index in [2.05, 4.69) is 13.2 Å². The largest absolute Gasteiger partial charge is 0.502 e. The smallest absolute Gasteiger partial charge is 0.0873 e. The second-order valence-electron chi connectivity index (χ2n) is 2.94. The van der Waals surface area contributed by atoms with Crippen LogP contribution in [0.25, 0.3) is 0 Å². The average Bonchev–Trinajstić information content (AvgIpc) is 2.31. The molecule has 16 heavy (non-hydrogen) atoms. The molecule has 96 valence electrons. The Bertz CT molecular complexity index is 121. The number of unbranched alkanes of at least 4 members (excludes halogenated alkanes) is 2. The molecule has 0 atom stereocenters. The van der Waals surface area contributed by atoms with Gasteiger partial charge in [0, 0.05) is 13.2 Å². The Hall–Kier alpha value is -1.00. The van der Waals surface area contributed by atoms with E-state index in [0.29, 0.717) is 13.2 Å². The van der Waals surface area contributed by atoms with E-state index in [4.69, 9.17) is 19.7 Å². The highest BCUT2D eigenvalue weighted by molar-refractivity contribution is 4.48. The van der Waals surface area contributed by atoms with Crippen molar-refractivity contribution in [2.75, 3.05) is 26.4 Å². The molecule has 0 aliphatic heterocycles. The minimum Gasteiger partial charge on any atom is -0.502 e. The number of hydrogen-bond donors (Lipinski definition) is 2. The fraction of sp³-hybridized carbons (Fsp3) is 0.667. The zero-order valence-electron chi connectivity index (χ0n) is 9.94. The zero-order chi connectivity index (χ0) is 12.5. The van der Waals surface area contributed by atoms with Gasteiger partial charge in [-0.3, -0.25) is 0 Å². The van der Waals surface area contributed by atoms with E-state index >= 15 is 0 Å². The Morgan fingerprint density at radius 3 is 1.38 bits per heavy atom. The van der Waals surface area contributed by atoms with Crippen molar-refractivity contribution in [2.45, 2.75) is 25.7 Å². The molecule has 4 nitrogen and oxygen atoms in total. The summed E-state index contributed by atoms with van der Waals surface area (Å²) < 4.78 is 9.58. The van der Waals surface area contributed by atoms with Crippen LogP contribution in [0.15, 0.2) is 25.7 Å². The summed E-state index contributed by atoms with van der Waals surface area (Å²) in [6.45, 7) is 8.59. The minimum atomic E-state index is 0.250. The molecule has 0 unspecified atom stereocenters. The molecule has 0 rings (SSSR count). The van der Waals surface area contributed by atoms with Crippen LogP contribution in [0.3, 0.4) is 0 Å². The van der Waals surface area contributed by atoms with Gasteiger partial charge in [0.1, 0.15) is 0 Å². The predicted molar refractivity (Wildman–Crippen MR) is 64.9 cm³/mol. The minimum absolute atomic E-state index is 0.250. The highest BCUT2D eigenvalue weighted by atomic mass is 16.5. The lowest BCUT2D eigenvalue weighted by Gasteiger charge is -1.95. The molecule has 0 saturated heterocycles. The molecule has 2 N–H and O–H groups in total. The van der Waals surface area contributed by atoms with E-state index in [0.717, 1.165) is 25.7 Å². The van der Waals surface area contributed by atoms with Crippen molar-refractivity contribution >= 4 is 0 Å². The topological polar surface area (TPSA) is 58.9 Å². The van der Waals surface area contributed by atoms with Crippen molar-refractivity contribution in [2.24, 2.45) is 0 Å². The molecule has 0 aliphatic rings. The molecule has 0 amide bonds. The Labute approximate surface area is 98.2 Å². The Morgan fingerprint density at radius 2 is 1.12 bits per heavy atom. The van der Waals surface area contributed by atoms with Crippen LogP contribution < -0.4 is 0 Å². The molecule has 0 fully saturated rings. The summed E-state index contributed by atoms with van der Waals surface area (Å²) in [5.41, 5.74) is 0. The maximum absolute atomic E-state index is 8.28. The van der Waals surface area contributed by atoms with Gasteiger partial charge in [0.15, 0.2) is 0 Å². The van der Waals surface area contributed by atoms with Gasteiger partial charge in [0.05, 0.1) is 25.7 Å². The first-order valence-electron chi connectivity index (χ1n) is 5.50. The fourth-order valence-electron chi connectivity index (χ4n) is 0.761. The summed E-state index contributed by atoms with van der Waals surface area (Å²) in [6, 6.07) is 0. The number of hydrogen-bond acceptors (Lipinski definition) is 4. The second kappa shape index (κ2) is 19.6. The zero-order valence-corrected chi connectivity index (χ0v) is 9.94. The van der Waals surface area contributed by atoms with Gasteiger partial charge in [0.2, 0.25) is 0 Å². The molecule has 0 aliphatic carbocycles. The standard InChI is InChI=1S/2C6H12O2/c2*1-2-8-6-4-3-5-7/h2*2,7H,1,3-6H2. The molecule has 0 aromatic heterocycles. The summed E-state index contributed by atoms with van der Waals surface area (Å²) in [5.74, 6) is 0. The molecule has 0 aromatic rings. The van der Waals surface area contributed by atoms with Crippen LogP contribution in [-0.4, -0.2) is 36.6 Å². The summed E-state index contributed by atoms with van der Waals surface area (Å²) in [4.78, 5) is 0. The molecule has 0 spiro atoms. The van der Waals surface area contributed by atoms with Crippen LogP contribution in [0.1, 0.15) is 25.7 Å². The van der Waals surface area contributed by atoms with Crippen LogP contribution in [-0.2, 0) is 9.47 Å². The van der Waals surface area contributed by atoms with Crippen molar-refractivity contribution < 1.29 is 19.7 Å². The van der Waals surface area contributed by atoms with Gasteiger partial charge >= 0.3 is 0 Å². The summed E-state index contributed by atoms with van der Waals surface area (Å²) >= 11 is 0. The van der Waals surface area contributed by atoms with Crippen LogP contribution in [0.2, 0.25) is 0 Å². The Balaban J connectivity index is 0. The summed E-state index contributed by atoms with van der Waals surface area (Å²) in [6.07, 6.45) is 6.27. The van der Waals surface area contributed by atoms with Gasteiger partial charge < -0.3 is 19.7 Å². The van der Waals surface area contributed by atoms with Gasteiger partial charge in [-0.2, -0.15) is 0 Å². The summed E-state index contributed by atoms with van der Waals surface area (Å²) in [5, 5.41) is 16.6. The quantitative estimate of drug-likeness (QED) is 0.446. The van der Waals surface area contributed by atoms with Crippen molar-refractivity contribution in [3.63, 3.8) is 0 Å². The number of aliphatic hydroxyl groups excluding tert-OH is 2. The Morgan fingerprint density at radius 1 is 0.750 bits per heavy atom. The third-order valence-electron chi connectivity index (χ3n) is 1.58. The van der Waals surface area contributed by atoms with Crippen molar-refractivity contribution in [1.29, 1.82) is 0 Å². The van der Waals surface area contributed by atoms with E-state index in [-0.39, 0.29) is 13.2 Å². The first-order chi connectivity index (χ1) is 7.83. The predicted octanol–water partition coefficient (Wildman–Crippen LogP) is 1.84. The van der Waals surface area contributed by atoms with Crippen LogP contribution in [0.5, 0.6) is 0 Å². The lowest BCUT2D eigenvalue weighted by atomic mass is 10.3. The van der Waals surface area contributed by atoms with E-state index in [1.807, 2.05) is 0 Å². The highest BCUT2D eigenvalue weighted by Crippen LogP contribution is 1.87. The second-order valence-corrected chi connectivity index (χ2v) is 2.94. The van der Waals surface area contributed by atoms with E-state index in [1.54, 1.807) is 0 Å². The fourth-order valence-corrected chi connectivity index (χ4v) is 0.761. The van der Waals surface area contributed by atoms with Crippen LogP contribution in [0.4, 0.5) is 0 Å². The first kappa shape index (κ1) is 17.4. The van der Waals surface area contributed by atoms with Gasteiger partial charge in [-0.25, -0.2) is 0 Å². The molecule has 0 saturated carbocycles. The average molecular weight is 232 g/mol. The molecule has 0 aromatic carbocycles. The molecule has 0 heterocycles. The van der Waals surface area contributed by atoms with Crippen molar-refractivity contribution in [1.82, 2.24) is 0 Å². The highest BCUT2D eigenvalue weighted by Gasteiger charge is 1.82. The number of rotatable bonds is 10. The van der Waals surface area contributed by atoms with Gasteiger partial charge in [-0.05, 0) is 25.7 Å². The van der Waals surface area contributed by atoms with E-state index in [1.165, 1.54) is 12.5 Å². The van der Waals surface area contributed by atoms with Gasteiger partial charge in [-0.1, -0.05) is 13.2 Å². The third-order valence-corrected chi connectivity index (χ3v) is 1.58. The molecular formula is C12H24O4. The van der Waals surface area contributed by atoms with Crippen LogP contribution >= 0.6 is 0 Å². The normalized spacial score (nSPS) is 8.62. The van der Waals surface area contributed by atoms with E-state index in [9.17, 15) is 0 Å². The van der Waals surface area contributed by atoms with E-state index < -0.39 is 0 Å². The number of aliphatic hydroxyl groups is 2. The number of ether oxygens (including phenoxy) is 2. The Kier molecular flexibility index (Phi) is 21.3. The van der Waals surface area contributed by atoms with Gasteiger partial charge in [0.25, 0.3) is 0 Å². The SMILES string of the molecule is C=COCCCCO.C=COCCCCO. The molecular weight excluding hydrogens is 208 g/mol. The molecule has 4 heteroatoms. The third kappa shape index (κ3) is 23.1. The lowest BCUT2D eigenvalue weighted by Crippen LogP contribution is -1.89. The molecule has 0 bridgehead atoms. The monoisotopic (exact) mass is 232 g/mol. The summed E-state index contributed by atoms with van der Waals surface area (Å²) in [7, 11) is 0. The lowest BCUT2D eigenvalue weighted by molar-refractivity contribution is 0.220. The van der Waals surface area contributed by atoms with Crippen LogP contribution in [0, 0.1) is 0 Å². The van der Waals surface area contributed by atoms with Crippen molar-refractivity contribution in [3.8, 4) is 0 Å². The molecule has 0 radical (unpaired) electrons. The maximum Gasteiger partial charge on any atom is 0.0873 e. The first-order valence-corrected chi connectivity index (χ1v) is 5.50.